The Bertz CT molecular complexity index is 1120. The minimum atomic E-state index is -0.492. The van der Waals surface area contributed by atoms with Crippen LogP contribution in [0.4, 0.5) is 5.95 Å². The molecule has 0 aliphatic heterocycles. The van der Waals surface area contributed by atoms with Crippen LogP contribution in [0.5, 0.6) is 5.75 Å². The summed E-state index contributed by atoms with van der Waals surface area (Å²) in [5, 5.41) is 4.26. The molecule has 0 saturated carbocycles. The Morgan fingerprint density at radius 2 is 1.90 bits per heavy atom. The van der Waals surface area contributed by atoms with Crippen LogP contribution in [0, 0.1) is 0 Å². The SMILES string of the molecule is CCCCCCCn1c(NN=Cc2ccc(OC)cc2)nc2c1c(=O)[nH]c(=O)n2C. The van der Waals surface area contributed by atoms with E-state index >= 15 is 0 Å². The first-order valence-corrected chi connectivity index (χ1v) is 10.2. The second kappa shape index (κ2) is 9.91. The van der Waals surface area contributed by atoms with Crippen molar-refractivity contribution in [3.8, 4) is 5.75 Å². The predicted octanol–water partition coefficient (Wildman–Crippen LogP) is 2.85. The number of unbranched alkanes of at least 4 members (excludes halogenated alkanes) is 4. The Hall–Kier alpha value is -3.36. The molecule has 0 spiro atoms. The molecule has 0 saturated heterocycles. The van der Waals surface area contributed by atoms with Gasteiger partial charge in [-0.15, -0.1) is 0 Å². The number of ether oxygens (including phenoxy) is 1. The molecular formula is C21H28N6O3. The number of H-pyrrole nitrogens is 1. The third-order valence-electron chi connectivity index (χ3n) is 4.99. The molecule has 0 unspecified atom stereocenters. The highest BCUT2D eigenvalue weighted by Crippen LogP contribution is 2.17. The van der Waals surface area contributed by atoms with Gasteiger partial charge >= 0.3 is 5.69 Å². The van der Waals surface area contributed by atoms with Gasteiger partial charge in [0.15, 0.2) is 11.2 Å². The summed E-state index contributed by atoms with van der Waals surface area (Å²) in [6, 6.07) is 7.47. The summed E-state index contributed by atoms with van der Waals surface area (Å²) in [6.07, 6.45) is 7.14. The number of imidazole rings is 1. The van der Waals surface area contributed by atoms with E-state index in [-0.39, 0.29) is 0 Å². The first-order valence-electron chi connectivity index (χ1n) is 10.2. The summed E-state index contributed by atoms with van der Waals surface area (Å²) in [7, 11) is 3.20. The summed E-state index contributed by atoms with van der Waals surface area (Å²) in [6.45, 7) is 2.79. The molecule has 3 rings (SSSR count). The molecule has 30 heavy (non-hydrogen) atoms. The summed E-state index contributed by atoms with van der Waals surface area (Å²) in [5.74, 6) is 1.20. The van der Waals surface area contributed by atoms with Crippen LogP contribution in [0.1, 0.15) is 44.6 Å². The third kappa shape index (κ3) is 4.79. The van der Waals surface area contributed by atoms with E-state index in [1.165, 1.54) is 17.4 Å². The van der Waals surface area contributed by atoms with E-state index in [0.717, 1.165) is 30.6 Å². The number of aromatic nitrogens is 4. The predicted molar refractivity (Wildman–Crippen MR) is 119 cm³/mol. The van der Waals surface area contributed by atoms with Crippen molar-refractivity contribution < 1.29 is 4.74 Å². The van der Waals surface area contributed by atoms with Gasteiger partial charge in [0.1, 0.15) is 5.75 Å². The molecule has 9 nitrogen and oxygen atoms in total. The van der Waals surface area contributed by atoms with Crippen molar-refractivity contribution in [2.45, 2.75) is 45.6 Å². The minimum absolute atomic E-state index is 0.333. The standard InChI is InChI=1S/C21H28N6O3/c1-4-5-6-7-8-13-27-17-18(26(2)21(29)24-19(17)28)23-20(27)25-22-14-15-9-11-16(30-3)12-10-15/h9-12,14H,4-8,13H2,1-3H3,(H,23,25)(H,24,28,29). The lowest BCUT2D eigenvalue weighted by Gasteiger charge is -2.08. The highest BCUT2D eigenvalue weighted by molar-refractivity contribution is 5.80. The monoisotopic (exact) mass is 412 g/mol. The number of aromatic amines is 1. The van der Waals surface area contributed by atoms with Crippen LogP contribution in [-0.4, -0.2) is 32.4 Å². The van der Waals surface area contributed by atoms with Crippen LogP contribution in [0.25, 0.3) is 11.2 Å². The molecule has 0 amide bonds. The summed E-state index contributed by atoms with van der Waals surface area (Å²) in [4.78, 5) is 31.2. The van der Waals surface area contributed by atoms with Crippen molar-refractivity contribution in [2.75, 3.05) is 12.5 Å². The lowest BCUT2D eigenvalue weighted by molar-refractivity contribution is 0.415. The zero-order valence-electron chi connectivity index (χ0n) is 17.6. The Morgan fingerprint density at radius 3 is 2.60 bits per heavy atom. The Morgan fingerprint density at radius 1 is 1.17 bits per heavy atom. The van der Waals surface area contributed by atoms with Crippen molar-refractivity contribution in [1.29, 1.82) is 0 Å². The molecule has 1 aromatic carbocycles. The fraction of sp³-hybridized carbons (Fsp3) is 0.429. The maximum atomic E-state index is 12.5. The zero-order valence-corrected chi connectivity index (χ0v) is 17.6. The maximum absolute atomic E-state index is 12.5. The molecule has 0 radical (unpaired) electrons. The van der Waals surface area contributed by atoms with Crippen LogP contribution in [0.2, 0.25) is 0 Å². The lowest BCUT2D eigenvalue weighted by Crippen LogP contribution is -2.29. The van der Waals surface area contributed by atoms with Gasteiger partial charge in [-0.3, -0.25) is 14.3 Å². The molecule has 0 aliphatic carbocycles. The molecule has 0 bridgehead atoms. The van der Waals surface area contributed by atoms with Gasteiger partial charge in [-0.1, -0.05) is 32.6 Å². The number of nitrogens with zero attached hydrogens (tertiary/aromatic N) is 4. The van der Waals surface area contributed by atoms with Crippen LogP contribution >= 0.6 is 0 Å². The van der Waals surface area contributed by atoms with Gasteiger partial charge in [-0.05, 0) is 36.2 Å². The number of hydrogen-bond acceptors (Lipinski definition) is 6. The highest BCUT2D eigenvalue weighted by Gasteiger charge is 2.16. The molecule has 0 atom stereocenters. The third-order valence-corrected chi connectivity index (χ3v) is 4.99. The summed E-state index contributed by atoms with van der Waals surface area (Å²) >= 11 is 0. The van der Waals surface area contributed by atoms with Gasteiger partial charge in [-0.2, -0.15) is 10.1 Å². The molecule has 0 fully saturated rings. The minimum Gasteiger partial charge on any atom is -0.497 e. The van der Waals surface area contributed by atoms with Crippen LogP contribution in [0.15, 0.2) is 39.0 Å². The molecule has 2 N–H and O–H groups in total. The smallest absolute Gasteiger partial charge is 0.329 e. The Balaban J connectivity index is 1.87. The van der Waals surface area contributed by atoms with E-state index in [0.29, 0.717) is 23.7 Å². The average molecular weight is 412 g/mol. The quantitative estimate of drug-likeness (QED) is 0.303. The van der Waals surface area contributed by atoms with Crippen LogP contribution < -0.4 is 21.4 Å². The first kappa shape index (κ1) is 21.4. The number of fused-ring (bicyclic) bond motifs is 1. The first-order chi connectivity index (χ1) is 14.5. The fourth-order valence-electron chi connectivity index (χ4n) is 3.27. The van der Waals surface area contributed by atoms with Crippen molar-refractivity contribution >= 4 is 23.3 Å². The Labute approximate surface area is 174 Å². The molecular weight excluding hydrogens is 384 g/mol. The van der Waals surface area contributed by atoms with Crippen molar-refractivity contribution in [1.82, 2.24) is 19.1 Å². The summed E-state index contributed by atoms with van der Waals surface area (Å²) < 4.78 is 8.29. The second-order valence-electron chi connectivity index (χ2n) is 7.13. The van der Waals surface area contributed by atoms with Gasteiger partial charge < -0.3 is 9.30 Å². The number of hydrogen-bond donors (Lipinski definition) is 2. The average Bonchev–Trinajstić information content (AvgIpc) is 3.11. The van der Waals surface area contributed by atoms with Gasteiger partial charge in [0.2, 0.25) is 5.95 Å². The van der Waals surface area contributed by atoms with Crippen molar-refractivity contribution in [3.63, 3.8) is 0 Å². The zero-order chi connectivity index (χ0) is 21.5. The van der Waals surface area contributed by atoms with E-state index in [2.05, 4.69) is 27.4 Å². The molecule has 9 heteroatoms. The van der Waals surface area contributed by atoms with E-state index in [9.17, 15) is 9.59 Å². The van der Waals surface area contributed by atoms with E-state index in [1.54, 1.807) is 24.9 Å². The number of rotatable bonds is 10. The molecule has 3 aromatic rings. The normalized spacial score (nSPS) is 11.4. The maximum Gasteiger partial charge on any atom is 0.329 e. The number of anilines is 1. The van der Waals surface area contributed by atoms with Crippen LogP contribution in [-0.2, 0) is 13.6 Å². The number of nitrogens with one attached hydrogen (secondary N) is 2. The highest BCUT2D eigenvalue weighted by atomic mass is 16.5. The topological polar surface area (TPSA) is 106 Å². The van der Waals surface area contributed by atoms with Crippen molar-refractivity contribution in [2.24, 2.45) is 12.1 Å². The second-order valence-corrected chi connectivity index (χ2v) is 7.13. The van der Waals surface area contributed by atoms with Crippen molar-refractivity contribution in [3.05, 3.63) is 50.7 Å². The molecule has 0 aliphatic rings. The number of methoxy groups -OCH3 is 1. The summed E-state index contributed by atoms with van der Waals surface area (Å²) in [5.41, 5.74) is 3.58. The Kier molecular flexibility index (Phi) is 7.05. The van der Waals surface area contributed by atoms with Gasteiger partial charge in [0, 0.05) is 13.6 Å². The fourth-order valence-corrected chi connectivity index (χ4v) is 3.27. The van der Waals surface area contributed by atoms with Crippen LogP contribution in [0.3, 0.4) is 0 Å². The number of hydrazone groups is 1. The number of aryl methyl sites for hydroxylation is 2. The molecule has 2 aromatic heterocycles. The van der Waals surface area contributed by atoms with E-state index in [1.807, 2.05) is 24.3 Å². The van der Waals surface area contributed by atoms with Gasteiger partial charge in [0.25, 0.3) is 5.56 Å². The van der Waals surface area contributed by atoms with E-state index < -0.39 is 11.2 Å². The molecule has 160 valence electrons. The largest absolute Gasteiger partial charge is 0.497 e. The van der Waals surface area contributed by atoms with E-state index in [4.69, 9.17) is 4.74 Å². The molecule has 2 heterocycles. The lowest BCUT2D eigenvalue weighted by atomic mass is 10.1. The van der Waals surface area contributed by atoms with Gasteiger partial charge in [0.05, 0.1) is 13.3 Å². The number of benzene rings is 1. The van der Waals surface area contributed by atoms with Gasteiger partial charge in [-0.25, -0.2) is 10.2 Å².